The molecule has 1 aliphatic heterocycles. The van der Waals surface area contributed by atoms with Gasteiger partial charge in [0.25, 0.3) is 0 Å². The van der Waals surface area contributed by atoms with E-state index >= 15 is 0 Å². The molecule has 3 aromatic carbocycles. The zero-order chi connectivity index (χ0) is 27.0. The Balaban J connectivity index is 1.29. The van der Waals surface area contributed by atoms with Crippen molar-refractivity contribution >= 4 is 103 Å². The van der Waals surface area contributed by atoms with Gasteiger partial charge < -0.3 is 9.64 Å². The number of hydrogen-bond acceptors (Lipinski definition) is 3. The summed E-state index contributed by atoms with van der Waals surface area (Å²) in [5.74, 6) is 3.30. The summed E-state index contributed by atoms with van der Waals surface area (Å²) in [4.78, 5) is 15.7. The van der Waals surface area contributed by atoms with Crippen molar-refractivity contribution in [2.24, 2.45) is 23.7 Å². The van der Waals surface area contributed by atoms with Crippen LogP contribution in [-0.2, 0) is 4.79 Å². The molecule has 0 saturated heterocycles. The molecule has 5 aliphatic rings. The standard InChI is InChI=1S/C31H24Br5NO2/c32-26-27(33)29(35)31(30(36)28(26)34)39-23(38)14-37-21-7-3-1-5-19(21)25(20-6-2-4-8-22(20)37)24-17-10-15-9-16(12-17)13-18(24)11-15/h1-8,15-18H,9-14H2. The Morgan fingerprint density at radius 1 is 0.692 bits per heavy atom. The average Bonchev–Trinajstić information content (AvgIpc) is 2.93. The van der Waals surface area contributed by atoms with Crippen molar-refractivity contribution in [3.8, 4) is 5.75 Å². The van der Waals surface area contributed by atoms with Crippen LogP contribution in [-0.4, -0.2) is 12.5 Å². The van der Waals surface area contributed by atoms with Gasteiger partial charge in [0, 0.05) is 27.0 Å². The molecule has 200 valence electrons. The van der Waals surface area contributed by atoms with Crippen LogP contribution in [0.4, 0.5) is 11.4 Å². The highest BCUT2D eigenvalue weighted by molar-refractivity contribution is 9.15. The first-order valence-electron chi connectivity index (χ1n) is 13.2. The number of rotatable bonds is 3. The summed E-state index contributed by atoms with van der Waals surface area (Å²) in [5, 5.41) is 0. The molecule has 3 nitrogen and oxygen atoms in total. The van der Waals surface area contributed by atoms with Gasteiger partial charge in [-0.2, -0.15) is 0 Å². The maximum Gasteiger partial charge on any atom is 0.331 e. The molecule has 8 heteroatoms. The summed E-state index contributed by atoms with van der Waals surface area (Å²) in [6, 6.07) is 17.2. The number of fused-ring (bicyclic) bond motifs is 2. The zero-order valence-electron chi connectivity index (χ0n) is 20.8. The minimum atomic E-state index is -0.340. The van der Waals surface area contributed by atoms with Crippen LogP contribution in [0.25, 0.3) is 5.57 Å². The fraction of sp³-hybridized carbons (Fsp3) is 0.323. The number of anilines is 2. The monoisotopic (exact) mass is 837 g/mol. The Kier molecular flexibility index (Phi) is 7.19. The van der Waals surface area contributed by atoms with Gasteiger partial charge in [0.05, 0.1) is 17.9 Å². The van der Waals surface area contributed by atoms with Crippen LogP contribution in [0.3, 0.4) is 0 Å². The van der Waals surface area contributed by atoms with Crippen LogP contribution >= 0.6 is 79.6 Å². The first kappa shape index (κ1) is 26.9. The molecule has 0 amide bonds. The first-order valence-corrected chi connectivity index (χ1v) is 17.2. The fourth-order valence-electron chi connectivity index (χ4n) is 7.65. The second-order valence-corrected chi connectivity index (χ2v) is 15.1. The number of carbonyl (C=O) groups is 1. The summed E-state index contributed by atoms with van der Waals surface area (Å²) >= 11 is 17.8. The lowest BCUT2D eigenvalue weighted by molar-refractivity contribution is -0.132. The van der Waals surface area contributed by atoms with Gasteiger partial charge in [0.15, 0.2) is 5.75 Å². The largest absolute Gasteiger partial charge is 0.423 e. The minimum absolute atomic E-state index is 0.0951. The SMILES string of the molecule is O=C(CN1c2ccccc2C(=C2C3CC4CC(C3)CC2C4)c2ccccc21)Oc1c(Br)c(Br)c(Br)c(Br)c1Br. The Hall–Kier alpha value is -0.930. The van der Waals surface area contributed by atoms with Gasteiger partial charge in [0.2, 0.25) is 0 Å². The summed E-state index contributed by atoms with van der Waals surface area (Å²) in [6.45, 7) is 0.0951. The van der Waals surface area contributed by atoms with E-state index in [4.69, 9.17) is 4.74 Å². The van der Waals surface area contributed by atoms with Crippen molar-refractivity contribution < 1.29 is 9.53 Å². The Bertz CT molecular complexity index is 1460. The van der Waals surface area contributed by atoms with E-state index in [1.807, 2.05) is 0 Å². The molecular formula is C31H24Br5NO2. The van der Waals surface area contributed by atoms with E-state index in [2.05, 4.69) is 133 Å². The van der Waals surface area contributed by atoms with E-state index in [0.29, 0.717) is 26.5 Å². The third-order valence-electron chi connectivity index (χ3n) is 8.91. The quantitative estimate of drug-likeness (QED) is 0.114. The average molecular weight is 842 g/mol. The molecule has 0 N–H and O–H groups in total. The molecule has 8 rings (SSSR count). The summed E-state index contributed by atoms with van der Waals surface area (Å²) in [7, 11) is 0. The van der Waals surface area contributed by atoms with Crippen LogP contribution in [0.5, 0.6) is 5.75 Å². The maximum absolute atomic E-state index is 13.5. The fourth-order valence-corrected chi connectivity index (χ4v) is 10.8. The minimum Gasteiger partial charge on any atom is -0.423 e. The van der Waals surface area contributed by atoms with Gasteiger partial charge in [-0.05, 0) is 153 Å². The molecule has 0 spiro atoms. The lowest BCUT2D eigenvalue weighted by atomic mass is 9.53. The Morgan fingerprint density at radius 2 is 1.15 bits per heavy atom. The number of benzene rings is 3. The first-order chi connectivity index (χ1) is 18.8. The number of carbonyl (C=O) groups excluding carboxylic acids is 1. The van der Waals surface area contributed by atoms with Crippen LogP contribution < -0.4 is 9.64 Å². The van der Waals surface area contributed by atoms with E-state index in [0.717, 1.165) is 36.6 Å². The number of ether oxygens (including phenoxy) is 1. The molecule has 3 aromatic rings. The summed E-state index contributed by atoms with van der Waals surface area (Å²) in [5.41, 5.74) is 7.72. The van der Waals surface area contributed by atoms with E-state index in [1.54, 1.807) is 5.57 Å². The zero-order valence-corrected chi connectivity index (χ0v) is 28.8. The molecule has 39 heavy (non-hydrogen) atoms. The van der Waals surface area contributed by atoms with Gasteiger partial charge in [-0.15, -0.1) is 0 Å². The van der Waals surface area contributed by atoms with Crippen molar-refractivity contribution in [3.05, 3.63) is 87.6 Å². The number of allylic oxidation sites excluding steroid dienone is 1. The molecule has 0 atom stereocenters. The summed E-state index contributed by atoms with van der Waals surface area (Å²) in [6.07, 6.45) is 6.81. The van der Waals surface area contributed by atoms with Gasteiger partial charge in [-0.25, -0.2) is 4.79 Å². The predicted octanol–water partition coefficient (Wildman–Crippen LogP) is 10.8. The van der Waals surface area contributed by atoms with E-state index < -0.39 is 0 Å². The van der Waals surface area contributed by atoms with Crippen molar-refractivity contribution in [1.82, 2.24) is 0 Å². The topological polar surface area (TPSA) is 29.5 Å². The van der Waals surface area contributed by atoms with Crippen LogP contribution in [0.15, 0.2) is 76.5 Å². The van der Waals surface area contributed by atoms with Gasteiger partial charge in [-0.3, -0.25) is 0 Å². The molecule has 0 unspecified atom stereocenters. The smallest absolute Gasteiger partial charge is 0.331 e. The van der Waals surface area contributed by atoms with Crippen LogP contribution in [0, 0.1) is 23.7 Å². The number of hydrogen-bond donors (Lipinski definition) is 0. The third kappa shape index (κ3) is 4.46. The Labute approximate surface area is 270 Å². The van der Waals surface area contributed by atoms with Gasteiger partial charge in [-0.1, -0.05) is 42.0 Å². The van der Waals surface area contributed by atoms with Gasteiger partial charge in [0.1, 0.15) is 6.54 Å². The normalized spacial score (nSPS) is 24.6. The Morgan fingerprint density at radius 3 is 1.67 bits per heavy atom. The number of esters is 1. The van der Waals surface area contributed by atoms with E-state index in [9.17, 15) is 4.79 Å². The van der Waals surface area contributed by atoms with Crippen LogP contribution in [0.2, 0.25) is 0 Å². The molecule has 4 fully saturated rings. The highest BCUT2D eigenvalue weighted by atomic mass is 79.9. The number of para-hydroxylation sites is 2. The second-order valence-electron chi connectivity index (χ2n) is 11.1. The van der Waals surface area contributed by atoms with Crippen LogP contribution in [0.1, 0.15) is 43.2 Å². The highest BCUT2D eigenvalue weighted by Gasteiger charge is 2.47. The molecule has 4 bridgehead atoms. The summed E-state index contributed by atoms with van der Waals surface area (Å²) < 4.78 is 9.65. The molecule has 4 saturated carbocycles. The van der Waals surface area contributed by atoms with Crippen molar-refractivity contribution in [3.63, 3.8) is 0 Å². The van der Waals surface area contributed by atoms with E-state index in [1.165, 1.54) is 48.8 Å². The predicted molar refractivity (Wildman–Crippen MR) is 174 cm³/mol. The highest BCUT2D eigenvalue weighted by Crippen LogP contribution is 2.60. The van der Waals surface area contributed by atoms with Gasteiger partial charge >= 0.3 is 5.97 Å². The number of halogens is 5. The van der Waals surface area contributed by atoms with Crippen molar-refractivity contribution in [1.29, 1.82) is 0 Å². The molecular weight excluding hydrogens is 818 g/mol. The lowest BCUT2D eigenvalue weighted by Crippen LogP contribution is -2.41. The molecule has 4 aliphatic carbocycles. The lowest BCUT2D eigenvalue weighted by Gasteiger charge is -2.53. The van der Waals surface area contributed by atoms with Crippen molar-refractivity contribution in [2.75, 3.05) is 11.4 Å². The third-order valence-corrected chi connectivity index (χ3v) is 14.9. The molecule has 0 aromatic heterocycles. The molecule has 0 radical (unpaired) electrons. The number of nitrogens with zero attached hydrogens (tertiary/aromatic N) is 1. The maximum atomic E-state index is 13.5. The van der Waals surface area contributed by atoms with Crippen molar-refractivity contribution in [2.45, 2.75) is 32.1 Å². The second kappa shape index (κ2) is 10.4. The van der Waals surface area contributed by atoms with E-state index in [-0.39, 0.29) is 12.5 Å². The molecule has 1 heterocycles.